The average molecular weight is 443 g/mol. The van der Waals surface area contributed by atoms with Crippen LogP contribution in [0.3, 0.4) is 0 Å². The molecule has 3 atom stereocenters. The van der Waals surface area contributed by atoms with Gasteiger partial charge in [0.2, 0.25) is 0 Å². The zero-order chi connectivity index (χ0) is 21.5. The Bertz CT molecular complexity index is 1050. The van der Waals surface area contributed by atoms with Crippen molar-refractivity contribution < 1.29 is 9.26 Å². The van der Waals surface area contributed by atoms with Gasteiger partial charge in [-0.2, -0.15) is 15.1 Å². The van der Waals surface area contributed by atoms with Gasteiger partial charge in [-0.25, -0.2) is 4.68 Å². The highest BCUT2D eigenvalue weighted by atomic mass is 35.5. The van der Waals surface area contributed by atoms with E-state index >= 15 is 0 Å². The number of fused-ring (bicyclic) bond motifs is 2. The minimum absolute atomic E-state index is 0.148. The molecular formula is C22H27ClN6O2. The van der Waals surface area contributed by atoms with Crippen molar-refractivity contribution in [1.29, 1.82) is 0 Å². The fraction of sp³-hybridized carbons (Fsp3) is 0.545. The molecule has 1 saturated carbocycles. The van der Waals surface area contributed by atoms with E-state index in [-0.39, 0.29) is 6.04 Å². The maximum atomic E-state index is 6.10. The van der Waals surface area contributed by atoms with E-state index in [9.17, 15) is 0 Å². The van der Waals surface area contributed by atoms with Crippen molar-refractivity contribution in [2.24, 2.45) is 17.8 Å². The van der Waals surface area contributed by atoms with Crippen molar-refractivity contribution in [3.8, 4) is 11.8 Å². The van der Waals surface area contributed by atoms with Crippen LogP contribution in [0.2, 0.25) is 5.02 Å². The predicted molar refractivity (Wildman–Crippen MR) is 117 cm³/mol. The molecule has 9 heteroatoms. The van der Waals surface area contributed by atoms with Gasteiger partial charge in [0.05, 0.1) is 6.04 Å². The molecule has 0 N–H and O–H groups in total. The van der Waals surface area contributed by atoms with Crippen LogP contribution < -0.4 is 9.64 Å². The molecule has 2 aliphatic rings. The van der Waals surface area contributed by atoms with Crippen LogP contribution in [0.25, 0.3) is 0 Å². The maximum absolute atomic E-state index is 6.10. The van der Waals surface area contributed by atoms with Crippen LogP contribution >= 0.6 is 11.6 Å². The number of aryl methyl sites for hydroxylation is 1. The van der Waals surface area contributed by atoms with Crippen molar-refractivity contribution in [1.82, 2.24) is 24.9 Å². The Labute approximate surface area is 186 Å². The molecule has 164 valence electrons. The first-order valence-electron chi connectivity index (χ1n) is 10.9. The molecule has 8 nitrogen and oxygen atoms in total. The third-order valence-corrected chi connectivity index (χ3v) is 6.61. The van der Waals surface area contributed by atoms with E-state index in [1.54, 1.807) is 6.07 Å². The number of halogens is 1. The quantitative estimate of drug-likeness (QED) is 0.547. The molecule has 2 aromatic heterocycles. The van der Waals surface area contributed by atoms with Crippen LogP contribution in [0.1, 0.15) is 44.4 Å². The van der Waals surface area contributed by atoms with Gasteiger partial charge in [0, 0.05) is 24.5 Å². The zero-order valence-electron chi connectivity index (χ0n) is 18.0. The summed E-state index contributed by atoms with van der Waals surface area (Å²) in [4.78, 5) is 11.4. The summed E-state index contributed by atoms with van der Waals surface area (Å²) in [5.41, 5.74) is 0. The van der Waals surface area contributed by atoms with Crippen LogP contribution in [0, 0.1) is 24.7 Å². The number of aromatic nitrogens is 5. The van der Waals surface area contributed by atoms with Crippen LogP contribution in [-0.2, 0) is 6.42 Å². The first-order chi connectivity index (χ1) is 15.0. The summed E-state index contributed by atoms with van der Waals surface area (Å²) < 4.78 is 13.3. The van der Waals surface area contributed by atoms with Crippen molar-refractivity contribution in [3.63, 3.8) is 0 Å². The molecule has 0 spiro atoms. The van der Waals surface area contributed by atoms with E-state index in [2.05, 4.69) is 28.9 Å². The van der Waals surface area contributed by atoms with Gasteiger partial charge in [-0.1, -0.05) is 22.8 Å². The molecule has 2 fully saturated rings. The minimum Gasteiger partial charge on any atom is -0.424 e. The molecule has 0 radical (unpaired) electrons. The van der Waals surface area contributed by atoms with Crippen LogP contribution in [0.4, 0.5) is 6.01 Å². The van der Waals surface area contributed by atoms with E-state index in [0.717, 1.165) is 25.3 Å². The highest BCUT2D eigenvalue weighted by Crippen LogP contribution is 2.44. The van der Waals surface area contributed by atoms with Crippen LogP contribution in [0.15, 0.2) is 28.8 Å². The Balaban J connectivity index is 1.32. The standard InChI is InChI=1S/C22H27ClN6O2/c1-13(2)29-22(30-18-6-4-5-17(23)9-18)25-20(26-29)10-19-15-7-8-16(19)12-28(11-15)21-24-14(3)27-31-21/h4-6,9,13,15-16,19H,7-8,10-12H2,1-3H3/t15-,16+,19?. The molecule has 2 bridgehead atoms. The summed E-state index contributed by atoms with van der Waals surface area (Å²) in [6.07, 6.45) is 3.29. The normalized spacial score (nSPS) is 23.0. The lowest BCUT2D eigenvalue weighted by molar-refractivity contribution is 0.253. The second-order valence-electron chi connectivity index (χ2n) is 8.90. The fourth-order valence-corrected chi connectivity index (χ4v) is 5.11. The molecule has 31 heavy (non-hydrogen) atoms. The second kappa shape index (κ2) is 8.15. The number of anilines is 1. The van der Waals surface area contributed by atoms with Gasteiger partial charge >= 0.3 is 12.0 Å². The van der Waals surface area contributed by atoms with Crippen LogP contribution in [0.5, 0.6) is 11.8 Å². The fourth-order valence-electron chi connectivity index (χ4n) is 4.93. The molecule has 5 rings (SSSR count). The van der Waals surface area contributed by atoms with Gasteiger partial charge in [0.25, 0.3) is 0 Å². The smallest absolute Gasteiger partial charge is 0.324 e. The summed E-state index contributed by atoms with van der Waals surface area (Å²) in [7, 11) is 0. The lowest BCUT2D eigenvalue weighted by Crippen LogP contribution is -2.43. The topological polar surface area (TPSA) is 82.1 Å². The van der Waals surface area contributed by atoms with Crippen molar-refractivity contribution in [2.75, 3.05) is 18.0 Å². The highest BCUT2D eigenvalue weighted by molar-refractivity contribution is 6.30. The van der Waals surface area contributed by atoms with Gasteiger partial charge in [-0.3, -0.25) is 0 Å². The zero-order valence-corrected chi connectivity index (χ0v) is 18.8. The second-order valence-corrected chi connectivity index (χ2v) is 9.34. The van der Waals surface area contributed by atoms with Gasteiger partial charge in [-0.05, 0) is 69.6 Å². The minimum atomic E-state index is 0.148. The Morgan fingerprint density at radius 1 is 1.19 bits per heavy atom. The first kappa shape index (κ1) is 20.3. The monoisotopic (exact) mass is 442 g/mol. The summed E-state index contributed by atoms with van der Waals surface area (Å²) in [6, 6.07) is 8.66. The molecule has 0 amide bonds. The molecule has 3 heterocycles. The Morgan fingerprint density at radius 3 is 2.61 bits per heavy atom. The van der Waals surface area contributed by atoms with Gasteiger partial charge in [-0.15, -0.1) is 0 Å². The third kappa shape index (κ3) is 4.13. The third-order valence-electron chi connectivity index (χ3n) is 6.37. The van der Waals surface area contributed by atoms with E-state index in [4.69, 9.17) is 30.9 Å². The summed E-state index contributed by atoms with van der Waals surface area (Å²) in [5.74, 6) is 3.90. The molecule has 1 aromatic carbocycles. The Kier molecular flexibility index (Phi) is 5.33. The van der Waals surface area contributed by atoms with Crippen molar-refractivity contribution in [3.05, 3.63) is 40.9 Å². The molecule has 1 aliphatic heterocycles. The number of nitrogens with zero attached hydrogens (tertiary/aromatic N) is 6. The molecule has 1 aliphatic carbocycles. The van der Waals surface area contributed by atoms with E-state index in [0.29, 0.717) is 46.4 Å². The van der Waals surface area contributed by atoms with E-state index < -0.39 is 0 Å². The van der Waals surface area contributed by atoms with Crippen molar-refractivity contribution >= 4 is 17.6 Å². The van der Waals surface area contributed by atoms with Crippen LogP contribution in [-0.4, -0.2) is 38.0 Å². The molecule has 3 aromatic rings. The molecule has 1 unspecified atom stereocenters. The van der Waals surface area contributed by atoms with E-state index in [1.807, 2.05) is 29.8 Å². The summed E-state index contributed by atoms with van der Waals surface area (Å²) in [6.45, 7) is 7.91. The van der Waals surface area contributed by atoms with E-state index in [1.165, 1.54) is 12.8 Å². The molecule has 1 saturated heterocycles. The number of hydrogen-bond donors (Lipinski definition) is 0. The Hall–Kier alpha value is -2.61. The average Bonchev–Trinajstić information content (AvgIpc) is 3.39. The van der Waals surface area contributed by atoms with Gasteiger partial charge < -0.3 is 14.2 Å². The summed E-state index contributed by atoms with van der Waals surface area (Å²) >= 11 is 6.10. The number of ether oxygens (including phenoxy) is 1. The molecular weight excluding hydrogens is 416 g/mol. The highest BCUT2D eigenvalue weighted by Gasteiger charge is 2.43. The maximum Gasteiger partial charge on any atom is 0.324 e. The largest absolute Gasteiger partial charge is 0.424 e. The Morgan fingerprint density at radius 2 is 1.97 bits per heavy atom. The van der Waals surface area contributed by atoms with Crippen molar-refractivity contribution in [2.45, 2.75) is 46.1 Å². The lowest BCUT2D eigenvalue weighted by atomic mass is 9.82. The first-order valence-corrected chi connectivity index (χ1v) is 11.3. The SMILES string of the molecule is Cc1noc(N2C[C@H]3CC[C@@H](C2)C3Cc2nc(Oc3cccc(Cl)c3)n(C(C)C)n2)n1. The summed E-state index contributed by atoms with van der Waals surface area (Å²) in [5, 5.41) is 9.37. The number of benzene rings is 1. The predicted octanol–water partition coefficient (Wildman–Crippen LogP) is 4.70. The van der Waals surface area contributed by atoms with Gasteiger partial charge in [0.1, 0.15) is 5.75 Å². The number of piperidine rings is 1. The lowest BCUT2D eigenvalue weighted by Gasteiger charge is -2.36. The number of hydrogen-bond acceptors (Lipinski definition) is 7. The number of rotatable bonds is 6. The van der Waals surface area contributed by atoms with Gasteiger partial charge in [0.15, 0.2) is 11.6 Å².